The van der Waals surface area contributed by atoms with Crippen LogP contribution < -0.4 is 10.6 Å². The van der Waals surface area contributed by atoms with Gasteiger partial charge in [0.25, 0.3) is 0 Å². The van der Waals surface area contributed by atoms with Crippen LogP contribution in [0.15, 0.2) is 4.99 Å². The van der Waals surface area contributed by atoms with Gasteiger partial charge in [-0.05, 0) is 26.2 Å². The maximum atomic E-state index is 12.5. The third-order valence-corrected chi connectivity index (χ3v) is 7.87. The van der Waals surface area contributed by atoms with E-state index in [0.29, 0.717) is 19.1 Å². The van der Waals surface area contributed by atoms with Crippen LogP contribution in [0.1, 0.15) is 26.2 Å². The third kappa shape index (κ3) is 8.44. The molecule has 2 rings (SSSR count). The summed E-state index contributed by atoms with van der Waals surface area (Å²) in [6, 6.07) is 0.382. The highest BCUT2D eigenvalue weighted by Gasteiger charge is 2.24. The lowest BCUT2D eigenvalue weighted by Crippen LogP contribution is -2.49. The summed E-state index contributed by atoms with van der Waals surface area (Å²) in [7, 11) is -1.46. The summed E-state index contributed by atoms with van der Waals surface area (Å²) in [4.78, 5) is 7.00. The first-order valence-electron chi connectivity index (χ1n) is 10.4. The molecule has 2 N–H and O–H groups in total. The van der Waals surface area contributed by atoms with E-state index in [0.717, 1.165) is 69.5 Å². The van der Waals surface area contributed by atoms with Crippen LogP contribution in [0.2, 0.25) is 0 Å². The predicted octanol–water partition coefficient (Wildman–Crippen LogP) is 0.421. The van der Waals surface area contributed by atoms with Crippen LogP contribution in [-0.2, 0) is 14.8 Å². The minimum atomic E-state index is -3.20. The predicted molar refractivity (Wildman–Crippen MR) is 118 cm³/mol. The van der Waals surface area contributed by atoms with Crippen molar-refractivity contribution in [2.45, 2.75) is 32.2 Å². The van der Waals surface area contributed by atoms with Gasteiger partial charge in [0.15, 0.2) is 5.96 Å². The normalized spacial score (nSPS) is 21.0. The highest BCUT2D eigenvalue weighted by atomic mass is 32.2. The summed E-state index contributed by atoms with van der Waals surface area (Å²) in [6.45, 7) is 8.36. The van der Waals surface area contributed by atoms with E-state index in [1.54, 1.807) is 11.4 Å². The van der Waals surface area contributed by atoms with Crippen LogP contribution >= 0.6 is 11.8 Å². The summed E-state index contributed by atoms with van der Waals surface area (Å²) in [5.74, 6) is 2.57. The Kier molecular flexibility index (Phi) is 10.9. The molecule has 28 heavy (non-hydrogen) atoms. The van der Waals surface area contributed by atoms with Crippen LogP contribution in [0.25, 0.3) is 0 Å². The molecule has 8 nitrogen and oxygen atoms in total. The van der Waals surface area contributed by atoms with E-state index in [2.05, 4.69) is 20.5 Å². The fourth-order valence-corrected chi connectivity index (χ4v) is 5.93. The molecule has 10 heteroatoms. The van der Waals surface area contributed by atoms with Gasteiger partial charge in [0.2, 0.25) is 10.0 Å². The minimum absolute atomic E-state index is 0.0756. The van der Waals surface area contributed by atoms with E-state index in [1.165, 1.54) is 0 Å². The second-order valence-corrected chi connectivity index (χ2v) is 10.5. The lowest BCUT2D eigenvalue weighted by Gasteiger charge is -2.33. The zero-order valence-electron chi connectivity index (χ0n) is 17.4. The van der Waals surface area contributed by atoms with Crippen LogP contribution in [0.3, 0.4) is 0 Å². The van der Waals surface area contributed by atoms with E-state index < -0.39 is 10.0 Å². The second-order valence-electron chi connectivity index (χ2n) is 7.19. The van der Waals surface area contributed by atoms with E-state index in [9.17, 15) is 8.42 Å². The molecule has 0 atom stereocenters. The van der Waals surface area contributed by atoms with Gasteiger partial charge in [0, 0.05) is 70.5 Å². The quantitative estimate of drug-likeness (QED) is 0.292. The van der Waals surface area contributed by atoms with Crippen molar-refractivity contribution in [2.24, 2.45) is 4.99 Å². The number of hydrogen-bond donors (Lipinski definition) is 2. The van der Waals surface area contributed by atoms with Crippen LogP contribution in [-0.4, -0.2) is 106 Å². The molecule has 0 bridgehead atoms. The zero-order valence-corrected chi connectivity index (χ0v) is 19.0. The molecule has 0 aromatic heterocycles. The molecule has 0 radical (unpaired) electrons. The number of guanidine groups is 1. The molecule has 2 saturated heterocycles. The number of methoxy groups -OCH3 is 1. The summed E-state index contributed by atoms with van der Waals surface area (Å²) >= 11 is 1.81. The van der Waals surface area contributed by atoms with E-state index >= 15 is 0 Å². The molecule has 0 aliphatic carbocycles. The van der Waals surface area contributed by atoms with Gasteiger partial charge in [-0.15, -0.1) is 0 Å². The first-order valence-corrected chi connectivity index (χ1v) is 13.1. The number of thioether (sulfide) groups is 1. The van der Waals surface area contributed by atoms with Crippen molar-refractivity contribution in [3.63, 3.8) is 0 Å². The van der Waals surface area contributed by atoms with Gasteiger partial charge in [-0.2, -0.15) is 11.8 Å². The SMILES string of the molecule is CCNC(=NCCS(=O)(=O)N1CCSCC1)NC1CCN(CCCOC)CC1. The lowest BCUT2D eigenvalue weighted by molar-refractivity contribution is 0.155. The Labute approximate surface area is 174 Å². The average molecular weight is 436 g/mol. The van der Waals surface area contributed by atoms with Gasteiger partial charge in [-0.3, -0.25) is 4.99 Å². The molecule has 0 unspecified atom stereocenters. The summed E-state index contributed by atoms with van der Waals surface area (Å²) < 4.78 is 31.6. The zero-order chi connectivity index (χ0) is 20.2. The average Bonchev–Trinajstić information content (AvgIpc) is 2.70. The maximum Gasteiger partial charge on any atom is 0.215 e. The van der Waals surface area contributed by atoms with Gasteiger partial charge in [0.1, 0.15) is 0 Å². The standard InChI is InChI=1S/C18H37N5O3S2/c1-3-19-18(20-7-16-28(24,25)23-11-14-27-15-12-23)21-17-5-9-22(10-6-17)8-4-13-26-2/h17H,3-16H2,1-2H3,(H2,19,20,21). The number of piperidine rings is 1. The summed E-state index contributed by atoms with van der Waals surface area (Å²) in [5.41, 5.74) is 0. The van der Waals surface area contributed by atoms with Gasteiger partial charge in [-0.25, -0.2) is 12.7 Å². The Morgan fingerprint density at radius 3 is 2.57 bits per heavy atom. The van der Waals surface area contributed by atoms with Crippen LogP contribution in [0.5, 0.6) is 0 Å². The van der Waals surface area contributed by atoms with Crippen LogP contribution in [0.4, 0.5) is 0 Å². The van der Waals surface area contributed by atoms with Gasteiger partial charge < -0.3 is 20.3 Å². The van der Waals surface area contributed by atoms with E-state index in [4.69, 9.17) is 4.74 Å². The van der Waals surface area contributed by atoms with E-state index in [1.807, 2.05) is 18.7 Å². The molecule has 0 saturated carbocycles. The number of ether oxygens (including phenoxy) is 1. The summed E-state index contributed by atoms with van der Waals surface area (Å²) in [5, 5.41) is 6.73. The van der Waals surface area contributed by atoms with Crippen molar-refractivity contribution in [1.82, 2.24) is 19.8 Å². The van der Waals surface area contributed by atoms with Gasteiger partial charge in [-0.1, -0.05) is 0 Å². The van der Waals surface area contributed by atoms with Crippen molar-refractivity contribution in [1.29, 1.82) is 0 Å². The Hall–Kier alpha value is -0.550. The van der Waals surface area contributed by atoms with Crippen LogP contribution in [0, 0.1) is 0 Å². The first kappa shape index (κ1) is 23.7. The lowest BCUT2D eigenvalue weighted by atomic mass is 10.1. The Morgan fingerprint density at radius 1 is 1.21 bits per heavy atom. The smallest absolute Gasteiger partial charge is 0.215 e. The molecule has 2 fully saturated rings. The van der Waals surface area contributed by atoms with Gasteiger partial charge >= 0.3 is 0 Å². The largest absolute Gasteiger partial charge is 0.385 e. The molecule has 2 aliphatic rings. The number of nitrogens with zero attached hydrogens (tertiary/aromatic N) is 3. The minimum Gasteiger partial charge on any atom is -0.385 e. The Bertz CT molecular complexity index is 560. The highest BCUT2D eigenvalue weighted by molar-refractivity contribution is 7.99. The van der Waals surface area contributed by atoms with E-state index in [-0.39, 0.29) is 12.3 Å². The van der Waals surface area contributed by atoms with Crippen molar-refractivity contribution < 1.29 is 13.2 Å². The first-order chi connectivity index (χ1) is 13.5. The number of nitrogens with one attached hydrogen (secondary N) is 2. The van der Waals surface area contributed by atoms with Crippen molar-refractivity contribution >= 4 is 27.7 Å². The number of rotatable bonds is 10. The molecule has 0 aromatic rings. The Balaban J connectivity index is 1.76. The molecule has 2 aliphatic heterocycles. The monoisotopic (exact) mass is 435 g/mol. The molecular formula is C18H37N5O3S2. The highest BCUT2D eigenvalue weighted by Crippen LogP contribution is 2.13. The van der Waals surface area contributed by atoms with Crippen molar-refractivity contribution in [3.05, 3.63) is 0 Å². The van der Waals surface area contributed by atoms with Crippen molar-refractivity contribution in [2.75, 3.05) is 76.8 Å². The second kappa shape index (κ2) is 12.9. The fraction of sp³-hybridized carbons (Fsp3) is 0.944. The molecule has 0 amide bonds. The van der Waals surface area contributed by atoms with Gasteiger partial charge in [0.05, 0.1) is 12.3 Å². The number of sulfonamides is 1. The summed E-state index contributed by atoms with van der Waals surface area (Å²) in [6.07, 6.45) is 3.21. The topological polar surface area (TPSA) is 86.3 Å². The number of aliphatic imine (C=N–C) groups is 1. The molecule has 0 spiro atoms. The maximum absolute atomic E-state index is 12.5. The molecule has 0 aromatic carbocycles. The molecular weight excluding hydrogens is 398 g/mol. The molecule has 164 valence electrons. The van der Waals surface area contributed by atoms with Crippen molar-refractivity contribution in [3.8, 4) is 0 Å². The fourth-order valence-electron chi connectivity index (χ4n) is 3.47. The number of likely N-dealkylation sites (tertiary alicyclic amines) is 1. The molecule has 2 heterocycles. The third-order valence-electron chi connectivity index (χ3n) is 5.08. The Morgan fingerprint density at radius 2 is 1.93 bits per heavy atom. The number of hydrogen-bond acceptors (Lipinski definition) is 6.